The molecule has 0 spiro atoms. The van der Waals surface area contributed by atoms with Crippen LogP contribution in [0, 0.1) is 46.5 Å². The van der Waals surface area contributed by atoms with Crippen molar-refractivity contribution in [3.8, 4) is 0 Å². The molecule has 12 heteroatoms. The molecule has 0 amide bonds. The Morgan fingerprint density at radius 2 is 0.821 bits per heavy atom. The van der Waals surface area contributed by atoms with E-state index >= 15 is 0 Å². The summed E-state index contributed by atoms with van der Waals surface area (Å²) in [6.07, 6.45) is 0. The van der Waals surface area contributed by atoms with Gasteiger partial charge in [-0.1, -0.05) is 0 Å². The lowest BCUT2D eigenvalue weighted by Crippen LogP contribution is -2.42. The van der Waals surface area contributed by atoms with Crippen LogP contribution in [0.3, 0.4) is 0 Å². The van der Waals surface area contributed by atoms with Crippen molar-refractivity contribution in [3.63, 3.8) is 0 Å². The lowest BCUT2D eigenvalue weighted by molar-refractivity contribution is 0.0392. The summed E-state index contributed by atoms with van der Waals surface area (Å²) in [5.41, 5.74) is -4.04. The van der Waals surface area contributed by atoms with Gasteiger partial charge in [-0.25, -0.2) is 35.1 Å². The van der Waals surface area contributed by atoms with E-state index in [1.165, 1.54) is 0 Å². The molecule has 0 fully saturated rings. The Bertz CT molecular complexity index is 1290. The zero-order valence-electron chi connectivity index (χ0n) is 20.0. The molecule has 0 aliphatic carbocycles. The van der Waals surface area contributed by atoms with Crippen LogP contribution in [-0.4, -0.2) is 14.4 Å². The van der Waals surface area contributed by atoms with Gasteiger partial charge in [0.15, 0.2) is 0 Å². The van der Waals surface area contributed by atoms with E-state index in [2.05, 4.69) is 0 Å². The summed E-state index contributed by atoms with van der Waals surface area (Å²) in [7, 11) is -0.841. The van der Waals surface area contributed by atoms with Crippen LogP contribution < -0.4 is 0 Å². The van der Waals surface area contributed by atoms with Gasteiger partial charge in [0.05, 0.1) is 6.61 Å². The van der Waals surface area contributed by atoms with E-state index in [-0.39, 0.29) is 5.56 Å². The third kappa shape index (κ3) is 6.47. The van der Waals surface area contributed by atoms with Crippen LogP contribution in [0.25, 0.3) is 0 Å². The Balaban J connectivity index is 1.93. The summed E-state index contributed by atoms with van der Waals surface area (Å²) in [5, 5.41) is 0. The lowest BCUT2D eigenvalue weighted by Gasteiger charge is -2.37. The SMILES string of the molecule is COB(OCc1cc(F)cc(F)c1)OC(c1cc(F)cc(F)c1)(c1cc(F)cc(F)c1)c1cc(F)cc(F)c1. The van der Waals surface area contributed by atoms with Crippen LogP contribution in [-0.2, 0) is 26.2 Å². The first-order chi connectivity index (χ1) is 18.5. The summed E-state index contributed by atoms with van der Waals surface area (Å²) in [4.78, 5) is 0. The molecule has 0 unspecified atom stereocenters. The molecule has 0 N–H and O–H groups in total. The Morgan fingerprint density at radius 1 is 0.513 bits per heavy atom. The van der Waals surface area contributed by atoms with E-state index in [0.717, 1.165) is 55.6 Å². The summed E-state index contributed by atoms with van der Waals surface area (Å²) in [6.45, 7) is -0.546. The van der Waals surface area contributed by atoms with Gasteiger partial charge in [0.2, 0.25) is 0 Å². The van der Waals surface area contributed by atoms with Gasteiger partial charge in [-0.2, -0.15) is 0 Å². The van der Waals surface area contributed by atoms with E-state index in [9.17, 15) is 35.1 Å². The maximum absolute atomic E-state index is 14.4. The number of benzene rings is 4. The molecule has 0 bridgehead atoms. The van der Waals surface area contributed by atoms with Crippen molar-refractivity contribution in [1.82, 2.24) is 0 Å². The van der Waals surface area contributed by atoms with Gasteiger partial charge in [0, 0.05) is 31.4 Å². The molecular formula is C27H17BF8O3. The number of rotatable bonds is 9. The number of hydrogen-bond donors (Lipinski definition) is 0. The first-order valence-electron chi connectivity index (χ1n) is 11.2. The van der Waals surface area contributed by atoms with Crippen molar-refractivity contribution in [2.75, 3.05) is 7.11 Å². The molecule has 0 radical (unpaired) electrons. The van der Waals surface area contributed by atoms with Crippen molar-refractivity contribution in [1.29, 1.82) is 0 Å². The standard InChI is InChI=1S/C27H17BF8O3/c1-37-28(38-14-15-2-19(29)10-20(30)3-15)39-27(16-4-21(31)11-22(32)5-16,17-6-23(33)12-24(34)7-17)18-8-25(35)13-26(36)9-18/h2-13H,14H2,1H3. The molecule has 0 aliphatic rings. The maximum atomic E-state index is 14.4. The minimum absolute atomic E-state index is 0.0193. The van der Waals surface area contributed by atoms with Gasteiger partial charge < -0.3 is 14.0 Å². The Hall–Kier alpha value is -3.74. The molecule has 0 saturated carbocycles. The molecule has 202 valence electrons. The van der Waals surface area contributed by atoms with Gasteiger partial charge in [-0.15, -0.1) is 0 Å². The van der Waals surface area contributed by atoms with E-state index in [1.54, 1.807) is 0 Å². The van der Waals surface area contributed by atoms with Crippen molar-refractivity contribution in [2.24, 2.45) is 0 Å². The molecule has 4 aromatic rings. The van der Waals surface area contributed by atoms with Gasteiger partial charge in [-0.3, -0.25) is 0 Å². The fourth-order valence-electron chi connectivity index (χ4n) is 4.13. The van der Waals surface area contributed by atoms with Crippen molar-refractivity contribution >= 4 is 7.32 Å². The summed E-state index contributed by atoms with van der Waals surface area (Å²) >= 11 is 0. The van der Waals surface area contributed by atoms with Crippen LogP contribution in [0.15, 0.2) is 72.8 Å². The number of hydrogen-bond acceptors (Lipinski definition) is 3. The minimum atomic E-state index is -2.55. The average molecular weight is 552 g/mol. The average Bonchev–Trinajstić information content (AvgIpc) is 2.82. The predicted octanol–water partition coefficient (Wildman–Crippen LogP) is 6.96. The monoisotopic (exact) mass is 552 g/mol. The fourth-order valence-corrected chi connectivity index (χ4v) is 4.13. The smallest absolute Gasteiger partial charge is 0.389 e. The third-order valence-electron chi connectivity index (χ3n) is 5.58. The zero-order chi connectivity index (χ0) is 28.3. The molecule has 0 aromatic heterocycles. The van der Waals surface area contributed by atoms with Crippen LogP contribution in [0.2, 0.25) is 0 Å². The van der Waals surface area contributed by atoms with Crippen LogP contribution in [0.5, 0.6) is 0 Å². The van der Waals surface area contributed by atoms with E-state index < -0.39 is 82.8 Å². The lowest BCUT2D eigenvalue weighted by atomic mass is 9.78. The second kappa shape index (κ2) is 11.6. The number of halogens is 8. The van der Waals surface area contributed by atoms with Crippen molar-refractivity contribution in [2.45, 2.75) is 12.2 Å². The van der Waals surface area contributed by atoms with Gasteiger partial charge in [0.1, 0.15) is 52.1 Å². The Kier molecular flexibility index (Phi) is 8.38. The van der Waals surface area contributed by atoms with Gasteiger partial charge in [-0.05, 0) is 70.8 Å². The maximum Gasteiger partial charge on any atom is 0.640 e. The molecule has 0 heterocycles. The molecule has 4 aromatic carbocycles. The topological polar surface area (TPSA) is 27.7 Å². The largest absolute Gasteiger partial charge is 0.640 e. The molecule has 0 saturated heterocycles. The first kappa shape index (κ1) is 28.3. The molecular weight excluding hydrogens is 535 g/mol. The first-order valence-corrected chi connectivity index (χ1v) is 11.2. The fraction of sp³-hybridized carbons (Fsp3) is 0.111. The van der Waals surface area contributed by atoms with Crippen molar-refractivity contribution in [3.05, 3.63) is 142 Å². The second-order valence-electron chi connectivity index (χ2n) is 8.39. The van der Waals surface area contributed by atoms with Crippen LogP contribution in [0.4, 0.5) is 35.1 Å². The molecule has 39 heavy (non-hydrogen) atoms. The highest BCUT2D eigenvalue weighted by Crippen LogP contribution is 2.43. The van der Waals surface area contributed by atoms with Crippen LogP contribution in [0.1, 0.15) is 22.3 Å². The molecule has 0 aliphatic heterocycles. The normalized spacial score (nSPS) is 11.6. The summed E-state index contributed by atoms with van der Waals surface area (Å²) in [6, 6.07) is 8.34. The Labute approximate surface area is 217 Å². The van der Waals surface area contributed by atoms with E-state index in [0.29, 0.717) is 24.3 Å². The summed E-state index contributed by atoms with van der Waals surface area (Å²) in [5.74, 6) is -8.77. The highest BCUT2D eigenvalue weighted by molar-refractivity contribution is 6.36. The third-order valence-corrected chi connectivity index (χ3v) is 5.58. The summed E-state index contributed by atoms with van der Waals surface area (Å²) < 4.78 is 130. The van der Waals surface area contributed by atoms with Crippen LogP contribution >= 0.6 is 0 Å². The Morgan fingerprint density at radius 3 is 1.13 bits per heavy atom. The van der Waals surface area contributed by atoms with Gasteiger partial charge >= 0.3 is 7.32 Å². The molecule has 0 atom stereocenters. The van der Waals surface area contributed by atoms with E-state index in [1.807, 2.05) is 0 Å². The molecule has 3 nitrogen and oxygen atoms in total. The zero-order valence-corrected chi connectivity index (χ0v) is 20.0. The highest BCUT2D eigenvalue weighted by atomic mass is 19.2. The molecule has 4 rings (SSSR count). The van der Waals surface area contributed by atoms with Gasteiger partial charge in [0.25, 0.3) is 0 Å². The van der Waals surface area contributed by atoms with E-state index in [4.69, 9.17) is 14.0 Å². The van der Waals surface area contributed by atoms with Crippen molar-refractivity contribution < 1.29 is 49.1 Å². The minimum Gasteiger partial charge on any atom is -0.389 e. The predicted molar refractivity (Wildman–Crippen MR) is 124 cm³/mol. The second-order valence-corrected chi connectivity index (χ2v) is 8.39. The quantitative estimate of drug-likeness (QED) is 0.128. The highest BCUT2D eigenvalue weighted by Gasteiger charge is 2.44.